The van der Waals surface area contributed by atoms with Crippen molar-refractivity contribution in [1.29, 1.82) is 0 Å². The summed E-state index contributed by atoms with van der Waals surface area (Å²) in [5.74, 6) is -0.295. The van der Waals surface area contributed by atoms with Gasteiger partial charge in [0.1, 0.15) is 0 Å². The number of aliphatic hydroxyl groups excluding tert-OH is 1. The van der Waals surface area contributed by atoms with Gasteiger partial charge in [-0.05, 0) is 25.8 Å². The van der Waals surface area contributed by atoms with Gasteiger partial charge in [-0.3, -0.25) is 0 Å². The van der Waals surface area contributed by atoms with Gasteiger partial charge in [0.2, 0.25) is 0 Å². The minimum absolute atomic E-state index is 0.00266. The van der Waals surface area contributed by atoms with Crippen molar-refractivity contribution in [3.8, 4) is 0 Å². The molecule has 4 heteroatoms. The van der Waals surface area contributed by atoms with Crippen molar-refractivity contribution in [1.82, 2.24) is 0 Å². The normalized spacial score (nSPS) is 28.5. The van der Waals surface area contributed by atoms with Crippen LogP contribution in [0, 0.1) is 11.8 Å². The van der Waals surface area contributed by atoms with E-state index in [-0.39, 0.29) is 30.7 Å². The molecule has 4 nitrogen and oxygen atoms in total. The third-order valence-electron chi connectivity index (χ3n) is 4.47. The van der Waals surface area contributed by atoms with E-state index < -0.39 is 5.79 Å². The van der Waals surface area contributed by atoms with E-state index in [1.165, 1.54) is 5.56 Å². The molecule has 0 aromatic heterocycles. The van der Waals surface area contributed by atoms with Gasteiger partial charge in [-0.2, -0.15) is 0 Å². The van der Waals surface area contributed by atoms with Gasteiger partial charge in [-0.15, -0.1) is 0 Å². The van der Waals surface area contributed by atoms with Crippen LogP contribution < -0.4 is 0 Å². The van der Waals surface area contributed by atoms with Crippen LogP contribution in [0.25, 0.3) is 0 Å². The smallest absolute Gasteiger partial charge is 0.163 e. The van der Waals surface area contributed by atoms with Crippen LogP contribution in [-0.4, -0.2) is 36.3 Å². The second kappa shape index (κ2) is 8.25. The fraction of sp³-hybridized carbons (Fsp3) is 0.684. The molecule has 1 fully saturated rings. The Morgan fingerprint density at radius 1 is 1.22 bits per heavy atom. The molecule has 4 atom stereocenters. The maximum absolute atomic E-state index is 9.46. The molecular formula is C19H30O4. The summed E-state index contributed by atoms with van der Waals surface area (Å²) in [6.07, 6.45) is 0.909. The first-order valence-electron chi connectivity index (χ1n) is 8.51. The van der Waals surface area contributed by atoms with Gasteiger partial charge in [0.15, 0.2) is 5.79 Å². The highest BCUT2D eigenvalue weighted by Crippen LogP contribution is 2.35. The van der Waals surface area contributed by atoms with Crippen LogP contribution in [0.5, 0.6) is 0 Å². The van der Waals surface area contributed by atoms with E-state index >= 15 is 0 Å². The summed E-state index contributed by atoms with van der Waals surface area (Å²) < 4.78 is 17.9. The van der Waals surface area contributed by atoms with Crippen molar-refractivity contribution in [3.63, 3.8) is 0 Å². The molecule has 130 valence electrons. The molecule has 1 aliphatic rings. The lowest BCUT2D eigenvalue weighted by molar-refractivity contribution is -0.329. The Hall–Kier alpha value is -0.940. The molecule has 2 rings (SSSR count). The zero-order chi connectivity index (χ0) is 16.9. The van der Waals surface area contributed by atoms with Crippen molar-refractivity contribution in [3.05, 3.63) is 35.9 Å². The first-order valence-corrected chi connectivity index (χ1v) is 8.51. The molecule has 0 unspecified atom stereocenters. The fourth-order valence-electron chi connectivity index (χ4n) is 3.17. The molecule has 0 aliphatic carbocycles. The Labute approximate surface area is 139 Å². The molecule has 1 aromatic carbocycles. The number of hydrogen-bond acceptors (Lipinski definition) is 4. The summed E-state index contributed by atoms with van der Waals surface area (Å²) in [5, 5.41) is 9.46. The van der Waals surface area contributed by atoms with E-state index in [1.807, 2.05) is 39.0 Å². The van der Waals surface area contributed by atoms with E-state index in [0.717, 1.165) is 6.42 Å². The first-order chi connectivity index (χ1) is 10.9. The van der Waals surface area contributed by atoms with Gasteiger partial charge >= 0.3 is 0 Å². The Bertz CT molecular complexity index is 460. The molecular weight excluding hydrogens is 292 g/mol. The zero-order valence-electron chi connectivity index (χ0n) is 14.7. The van der Waals surface area contributed by atoms with Crippen molar-refractivity contribution < 1.29 is 19.3 Å². The number of aliphatic hydroxyl groups is 1. The van der Waals surface area contributed by atoms with Crippen LogP contribution in [0.1, 0.15) is 39.7 Å². The molecule has 0 saturated carbocycles. The second-order valence-electron chi connectivity index (χ2n) is 6.98. The number of ether oxygens (including phenoxy) is 3. The molecule has 0 radical (unpaired) electrons. The number of benzene rings is 1. The van der Waals surface area contributed by atoms with Crippen LogP contribution >= 0.6 is 0 Å². The Balaban J connectivity index is 1.85. The van der Waals surface area contributed by atoms with Crippen LogP contribution in [-0.2, 0) is 20.8 Å². The summed E-state index contributed by atoms with van der Waals surface area (Å²) in [5.41, 5.74) is 1.18. The lowest BCUT2D eigenvalue weighted by atomic mass is 9.86. The molecule has 1 saturated heterocycles. The van der Waals surface area contributed by atoms with Gasteiger partial charge in [0.25, 0.3) is 0 Å². The third kappa shape index (κ3) is 5.28. The molecule has 1 aliphatic heterocycles. The number of rotatable bonds is 7. The Morgan fingerprint density at radius 2 is 1.91 bits per heavy atom. The van der Waals surface area contributed by atoms with Gasteiger partial charge < -0.3 is 19.3 Å². The summed E-state index contributed by atoms with van der Waals surface area (Å²) in [7, 11) is 0. The van der Waals surface area contributed by atoms with Gasteiger partial charge in [0, 0.05) is 25.0 Å². The summed E-state index contributed by atoms with van der Waals surface area (Å²) in [6.45, 7) is 9.43. The van der Waals surface area contributed by atoms with Crippen LogP contribution in [0.3, 0.4) is 0 Å². The molecule has 1 aromatic rings. The average Bonchev–Trinajstić information content (AvgIpc) is 2.54. The standard InChI is InChI=1S/C19H30O4/c1-14(12-20)18-15(2)17(22-19(3,4)23-18)10-11-21-13-16-8-6-5-7-9-16/h5-9,14-15,17-18,20H,10-13H2,1-4H3/t14-,15+,17-,18-/m0/s1. The summed E-state index contributed by atoms with van der Waals surface area (Å²) in [4.78, 5) is 0. The number of hydrogen-bond donors (Lipinski definition) is 1. The molecule has 0 bridgehead atoms. The predicted molar refractivity (Wildman–Crippen MR) is 90.0 cm³/mol. The molecule has 1 N–H and O–H groups in total. The Morgan fingerprint density at radius 3 is 2.57 bits per heavy atom. The Kier molecular flexibility index (Phi) is 6.60. The quantitative estimate of drug-likeness (QED) is 0.782. The van der Waals surface area contributed by atoms with Gasteiger partial charge in [-0.25, -0.2) is 0 Å². The zero-order valence-corrected chi connectivity index (χ0v) is 14.7. The van der Waals surface area contributed by atoms with E-state index in [2.05, 4.69) is 19.1 Å². The van der Waals surface area contributed by atoms with Gasteiger partial charge in [-0.1, -0.05) is 44.2 Å². The minimum atomic E-state index is -0.620. The highest BCUT2D eigenvalue weighted by atomic mass is 16.7. The second-order valence-corrected chi connectivity index (χ2v) is 6.98. The summed E-state index contributed by atoms with van der Waals surface area (Å²) in [6, 6.07) is 10.2. The predicted octanol–water partition coefficient (Wildman–Crippen LogP) is 3.38. The lowest BCUT2D eigenvalue weighted by Gasteiger charge is -2.46. The van der Waals surface area contributed by atoms with E-state index in [1.54, 1.807) is 0 Å². The first kappa shape index (κ1) is 18.4. The topological polar surface area (TPSA) is 47.9 Å². The third-order valence-corrected chi connectivity index (χ3v) is 4.47. The van der Waals surface area contributed by atoms with Crippen molar-refractivity contribution >= 4 is 0 Å². The monoisotopic (exact) mass is 322 g/mol. The highest BCUT2D eigenvalue weighted by molar-refractivity contribution is 5.13. The van der Waals surface area contributed by atoms with Crippen molar-refractivity contribution in [2.75, 3.05) is 13.2 Å². The largest absolute Gasteiger partial charge is 0.396 e. The maximum Gasteiger partial charge on any atom is 0.163 e. The maximum atomic E-state index is 9.46. The van der Waals surface area contributed by atoms with E-state index in [4.69, 9.17) is 14.2 Å². The molecule has 0 spiro atoms. The van der Waals surface area contributed by atoms with Crippen LogP contribution in [0.15, 0.2) is 30.3 Å². The van der Waals surface area contributed by atoms with Crippen LogP contribution in [0.2, 0.25) is 0 Å². The molecule has 23 heavy (non-hydrogen) atoms. The molecule has 0 amide bonds. The SMILES string of the molecule is C[C@H]1[C@H]([C@@H](C)CO)OC(C)(C)O[C@H]1CCOCc1ccccc1. The van der Waals surface area contributed by atoms with Gasteiger partial charge in [0.05, 0.1) is 18.8 Å². The van der Waals surface area contributed by atoms with Crippen molar-refractivity contribution in [2.45, 2.75) is 58.7 Å². The minimum Gasteiger partial charge on any atom is -0.396 e. The molecule has 1 heterocycles. The van der Waals surface area contributed by atoms with Crippen molar-refractivity contribution in [2.24, 2.45) is 11.8 Å². The highest BCUT2D eigenvalue weighted by Gasteiger charge is 2.42. The fourth-order valence-corrected chi connectivity index (χ4v) is 3.17. The summed E-state index contributed by atoms with van der Waals surface area (Å²) >= 11 is 0. The lowest BCUT2D eigenvalue weighted by Crippen LogP contribution is -2.52. The van der Waals surface area contributed by atoms with E-state index in [0.29, 0.717) is 13.2 Å². The average molecular weight is 322 g/mol. The van der Waals surface area contributed by atoms with Crippen LogP contribution in [0.4, 0.5) is 0 Å². The van der Waals surface area contributed by atoms with E-state index in [9.17, 15) is 5.11 Å².